The van der Waals surface area contributed by atoms with E-state index < -0.39 is 23.4 Å². The second-order valence-corrected chi connectivity index (χ2v) is 5.82. The van der Waals surface area contributed by atoms with Gasteiger partial charge in [-0.25, -0.2) is 9.59 Å². The molecule has 0 unspecified atom stereocenters. The molecular formula is C14H23NO5. The number of hydrogen-bond donors (Lipinski definition) is 0. The average Bonchev–Trinajstić information content (AvgIpc) is 2.75. The predicted molar refractivity (Wildman–Crippen MR) is 72.2 cm³/mol. The number of likely N-dealkylation sites (tertiary alicyclic amines) is 1. The molecule has 1 amide bonds. The van der Waals surface area contributed by atoms with Gasteiger partial charge in [0.05, 0.1) is 6.61 Å². The largest absolute Gasteiger partial charge is 0.460 e. The first-order valence-corrected chi connectivity index (χ1v) is 6.94. The van der Waals surface area contributed by atoms with Gasteiger partial charge in [-0.05, 0) is 40.5 Å². The Kier molecular flexibility index (Phi) is 5.53. The van der Waals surface area contributed by atoms with E-state index in [0.717, 1.165) is 6.42 Å². The van der Waals surface area contributed by atoms with Crippen LogP contribution in [0.25, 0.3) is 0 Å². The molecule has 0 aromatic heterocycles. The van der Waals surface area contributed by atoms with Gasteiger partial charge < -0.3 is 14.4 Å². The Labute approximate surface area is 119 Å². The maximum absolute atomic E-state index is 12.0. The van der Waals surface area contributed by atoms with E-state index in [0.29, 0.717) is 13.0 Å². The number of hydrogen-bond acceptors (Lipinski definition) is 5. The molecule has 6 nitrogen and oxygen atoms in total. The third-order valence-electron chi connectivity index (χ3n) is 2.93. The molecule has 1 aliphatic rings. The van der Waals surface area contributed by atoms with Crippen LogP contribution in [0.2, 0.25) is 0 Å². The molecule has 1 heterocycles. The molecular weight excluding hydrogens is 262 g/mol. The molecule has 1 rings (SSSR count). The first-order valence-electron chi connectivity index (χ1n) is 6.94. The molecule has 0 aromatic carbocycles. The van der Waals surface area contributed by atoms with Crippen LogP contribution in [0.4, 0.5) is 4.79 Å². The summed E-state index contributed by atoms with van der Waals surface area (Å²) in [6.45, 7) is 7.74. The smallest absolute Gasteiger partial charge is 0.410 e. The third-order valence-corrected chi connectivity index (χ3v) is 2.93. The standard InChI is InChI=1S/C14H23NO5/c1-5-19-12(17)11(16)9-10-7-6-8-15(10)13(18)20-14(2,3)4/h10H,5-9H2,1-4H3/t10-/m1/s1. The van der Waals surface area contributed by atoms with Crippen LogP contribution in [0.3, 0.4) is 0 Å². The minimum atomic E-state index is -0.830. The van der Waals surface area contributed by atoms with Crippen molar-refractivity contribution in [1.29, 1.82) is 0 Å². The summed E-state index contributed by atoms with van der Waals surface area (Å²) in [6.07, 6.45) is 1.07. The lowest BCUT2D eigenvalue weighted by Crippen LogP contribution is -2.41. The van der Waals surface area contributed by atoms with E-state index in [2.05, 4.69) is 4.74 Å². The Morgan fingerprint density at radius 1 is 1.25 bits per heavy atom. The molecule has 1 atom stereocenters. The summed E-state index contributed by atoms with van der Waals surface area (Å²) in [5, 5.41) is 0. The van der Waals surface area contributed by atoms with Crippen molar-refractivity contribution in [3.63, 3.8) is 0 Å². The first-order chi connectivity index (χ1) is 9.24. The van der Waals surface area contributed by atoms with E-state index in [4.69, 9.17) is 4.74 Å². The van der Waals surface area contributed by atoms with Crippen molar-refractivity contribution in [2.24, 2.45) is 0 Å². The fourth-order valence-corrected chi connectivity index (χ4v) is 2.12. The quantitative estimate of drug-likeness (QED) is 0.582. The number of ether oxygens (including phenoxy) is 2. The molecule has 0 aliphatic carbocycles. The zero-order valence-electron chi connectivity index (χ0n) is 12.6. The number of Topliss-reactive ketones (excluding diaryl/α,β-unsaturated/α-hetero) is 1. The van der Waals surface area contributed by atoms with Gasteiger partial charge in [-0.1, -0.05) is 0 Å². The molecule has 0 spiro atoms. The van der Waals surface area contributed by atoms with Gasteiger partial charge in [0.1, 0.15) is 5.60 Å². The zero-order valence-corrected chi connectivity index (χ0v) is 12.6. The SMILES string of the molecule is CCOC(=O)C(=O)C[C@H]1CCCN1C(=O)OC(C)(C)C. The molecule has 1 saturated heterocycles. The lowest BCUT2D eigenvalue weighted by Gasteiger charge is -2.28. The highest BCUT2D eigenvalue weighted by Crippen LogP contribution is 2.23. The van der Waals surface area contributed by atoms with E-state index in [1.165, 1.54) is 4.90 Å². The fraction of sp³-hybridized carbons (Fsp3) is 0.786. The molecule has 1 aliphatic heterocycles. The minimum absolute atomic E-state index is 0.00191. The summed E-state index contributed by atoms with van der Waals surface area (Å²) in [5.41, 5.74) is -0.574. The van der Waals surface area contributed by atoms with Crippen LogP contribution in [0.1, 0.15) is 47.0 Å². The molecule has 1 fully saturated rings. The normalized spacial score (nSPS) is 18.8. The van der Waals surface area contributed by atoms with Gasteiger partial charge in [0.25, 0.3) is 0 Å². The Hall–Kier alpha value is -1.59. The van der Waals surface area contributed by atoms with Crippen LogP contribution in [0.5, 0.6) is 0 Å². The monoisotopic (exact) mass is 285 g/mol. The number of esters is 1. The van der Waals surface area contributed by atoms with Gasteiger partial charge in [-0.2, -0.15) is 0 Å². The van der Waals surface area contributed by atoms with Crippen LogP contribution in [-0.2, 0) is 19.1 Å². The second kappa shape index (κ2) is 6.72. The summed E-state index contributed by atoms with van der Waals surface area (Å²) in [4.78, 5) is 36.6. The van der Waals surface area contributed by atoms with Crippen molar-refractivity contribution in [3.8, 4) is 0 Å². The average molecular weight is 285 g/mol. The predicted octanol–water partition coefficient (Wildman–Crippen LogP) is 1.91. The zero-order chi connectivity index (χ0) is 15.3. The number of carbonyl (C=O) groups is 3. The summed E-state index contributed by atoms with van der Waals surface area (Å²) in [6, 6.07) is -0.276. The maximum atomic E-state index is 12.0. The number of ketones is 1. The van der Waals surface area contributed by atoms with E-state index in [9.17, 15) is 14.4 Å². The van der Waals surface area contributed by atoms with Gasteiger partial charge in [-0.15, -0.1) is 0 Å². The number of nitrogens with zero attached hydrogens (tertiary/aromatic N) is 1. The Bertz CT molecular complexity index is 386. The Balaban J connectivity index is 2.59. The lowest BCUT2D eigenvalue weighted by atomic mass is 10.1. The van der Waals surface area contributed by atoms with Crippen LogP contribution in [0.15, 0.2) is 0 Å². The van der Waals surface area contributed by atoms with Crippen molar-refractivity contribution in [1.82, 2.24) is 4.90 Å². The van der Waals surface area contributed by atoms with Crippen molar-refractivity contribution in [3.05, 3.63) is 0 Å². The van der Waals surface area contributed by atoms with Gasteiger partial charge in [0, 0.05) is 19.0 Å². The van der Waals surface area contributed by atoms with Crippen LogP contribution < -0.4 is 0 Å². The minimum Gasteiger partial charge on any atom is -0.460 e. The summed E-state index contributed by atoms with van der Waals surface area (Å²) in [7, 11) is 0. The van der Waals surface area contributed by atoms with Gasteiger partial charge in [0.15, 0.2) is 0 Å². The molecule has 0 N–H and O–H groups in total. The van der Waals surface area contributed by atoms with Crippen molar-refractivity contribution in [2.75, 3.05) is 13.2 Å². The lowest BCUT2D eigenvalue weighted by molar-refractivity contribution is -0.153. The first kappa shape index (κ1) is 16.5. The molecule has 6 heteroatoms. The topological polar surface area (TPSA) is 72.9 Å². The summed E-state index contributed by atoms with van der Waals surface area (Å²) in [5.74, 6) is -1.42. The van der Waals surface area contributed by atoms with Gasteiger partial charge in [-0.3, -0.25) is 4.79 Å². The number of rotatable bonds is 4. The molecule has 114 valence electrons. The molecule has 20 heavy (non-hydrogen) atoms. The number of carbonyl (C=O) groups excluding carboxylic acids is 3. The molecule has 0 saturated carbocycles. The van der Waals surface area contributed by atoms with Crippen LogP contribution in [0, 0.1) is 0 Å². The van der Waals surface area contributed by atoms with Crippen molar-refractivity contribution >= 4 is 17.8 Å². The third kappa shape index (κ3) is 4.83. The highest BCUT2D eigenvalue weighted by molar-refractivity contribution is 6.33. The van der Waals surface area contributed by atoms with Crippen LogP contribution >= 0.6 is 0 Å². The maximum Gasteiger partial charge on any atom is 0.410 e. The van der Waals surface area contributed by atoms with Crippen LogP contribution in [-0.4, -0.2) is 47.5 Å². The Morgan fingerprint density at radius 2 is 1.90 bits per heavy atom. The van der Waals surface area contributed by atoms with E-state index in [1.54, 1.807) is 27.7 Å². The number of amides is 1. The Morgan fingerprint density at radius 3 is 2.45 bits per heavy atom. The van der Waals surface area contributed by atoms with Gasteiger partial charge in [0.2, 0.25) is 5.78 Å². The molecule has 0 radical (unpaired) electrons. The molecule has 0 aromatic rings. The fourth-order valence-electron chi connectivity index (χ4n) is 2.12. The highest BCUT2D eigenvalue weighted by atomic mass is 16.6. The van der Waals surface area contributed by atoms with Crippen molar-refractivity contribution in [2.45, 2.75) is 58.6 Å². The summed E-state index contributed by atoms with van der Waals surface area (Å²) >= 11 is 0. The van der Waals surface area contributed by atoms with Gasteiger partial charge >= 0.3 is 12.1 Å². The van der Waals surface area contributed by atoms with E-state index in [1.807, 2.05) is 0 Å². The van der Waals surface area contributed by atoms with Crippen molar-refractivity contribution < 1.29 is 23.9 Å². The summed E-state index contributed by atoms with van der Waals surface area (Å²) < 4.78 is 9.97. The van der Waals surface area contributed by atoms with E-state index >= 15 is 0 Å². The highest BCUT2D eigenvalue weighted by Gasteiger charge is 2.34. The molecule has 0 bridgehead atoms. The second-order valence-electron chi connectivity index (χ2n) is 5.82. The van der Waals surface area contributed by atoms with E-state index in [-0.39, 0.29) is 19.1 Å².